The number of hydrogen-bond acceptors (Lipinski definition) is 3. The molecular formula is C16H31N3O. The summed E-state index contributed by atoms with van der Waals surface area (Å²) in [5.41, 5.74) is 1.18. The van der Waals surface area contributed by atoms with Crippen molar-refractivity contribution in [2.24, 2.45) is 5.92 Å². The van der Waals surface area contributed by atoms with E-state index in [1.165, 1.54) is 5.69 Å². The highest BCUT2D eigenvalue weighted by atomic mass is 16.5. The van der Waals surface area contributed by atoms with Crippen molar-refractivity contribution in [3.8, 4) is 0 Å². The number of hydrogen-bond donors (Lipinski definition) is 1. The van der Waals surface area contributed by atoms with E-state index in [1.807, 2.05) is 4.68 Å². The molecule has 0 saturated carbocycles. The molecule has 1 N–H and O–H groups in total. The Balaban J connectivity index is 2.57. The average Bonchev–Trinajstić information content (AvgIpc) is 2.85. The predicted molar refractivity (Wildman–Crippen MR) is 84.1 cm³/mol. The molecule has 0 amide bonds. The first kappa shape index (κ1) is 17.2. The molecule has 0 radical (unpaired) electrons. The maximum Gasteiger partial charge on any atom is 0.0640 e. The van der Waals surface area contributed by atoms with Gasteiger partial charge in [-0.15, -0.1) is 0 Å². The van der Waals surface area contributed by atoms with Gasteiger partial charge in [0.05, 0.1) is 5.69 Å². The fourth-order valence-corrected chi connectivity index (χ4v) is 2.45. The van der Waals surface area contributed by atoms with Crippen molar-refractivity contribution in [2.75, 3.05) is 20.3 Å². The molecule has 116 valence electrons. The molecule has 0 spiro atoms. The lowest BCUT2D eigenvalue weighted by atomic mass is 9.99. The normalized spacial score (nSPS) is 14.7. The van der Waals surface area contributed by atoms with Crippen LogP contribution >= 0.6 is 0 Å². The molecule has 2 atom stereocenters. The zero-order chi connectivity index (χ0) is 15.0. The lowest BCUT2D eigenvalue weighted by Crippen LogP contribution is -2.34. The molecule has 0 aliphatic heterocycles. The second-order valence-electron chi connectivity index (χ2n) is 6.03. The topological polar surface area (TPSA) is 39.1 Å². The van der Waals surface area contributed by atoms with E-state index in [0.29, 0.717) is 18.0 Å². The summed E-state index contributed by atoms with van der Waals surface area (Å²) in [5.74, 6) is 0.571. The van der Waals surface area contributed by atoms with Crippen LogP contribution in [0.1, 0.15) is 52.3 Å². The molecule has 1 rings (SSSR count). The molecule has 2 unspecified atom stereocenters. The van der Waals surface area contributed by atoms with E-state index in [9.17, 15) is 0 Å². The van der Waals surface area contributed by atoms with E-state index in [1.54, 1.807) is 7.11 Å². The van der Waals surface area contributed by atoms with Gasteiger partial charge in [-0.25, -0.2) is 0 Å². The molecular weight excluding hydrogens is 250 g/mol. The zero-order valence-electron chi connectivity index (χ0n) is 13.7. The summed E-state index contributed by atoms with van der Waals surface area (Å²) in [4.78, 5) is 0. The highest BCUT2D eigenvalue weighted by molar-refractivity contribution is 5.02. The van der Waals surface area contributed by atoms with Crippen LogP contribution < -0.4 is 5.32 Å². The van der Waals surface area contributed by atoms with Crippen LogP contribution in [0.2, 0.25) is 0 Å². The fraction of sp³-hybridized carbons (Fsp3) is 0.812. The monoisotopic (exact) mass is 281 g/mol. The second-order valence-corrected chi connectivity index (χ2v) is 6.03. The van der Waals surface area contributed by atoms with E-state index in [-0.39, 0.29) is 0 Å². The van der Waals surface area contributed by atoms with Crippen molar-refractivity contribution in [1.29, 1.82) is 0 Å². The molecule has 1 heterocycles. The minimum atomic E-state index is 0.429. The van der Waals surface area contributed by atoms with Crippen LogP contribution in [-0.4, -0.2) is 36.1 Å². The van der Waals surface area contributed by atoms with Gasteiger partial charge in [0.2, 0.25) is 0 Å². The van der Waals surface area contributed by atoms with E-state index in [4.69, 9.17) is 4.74 Å². The quantitative estimate of drug-likeness (QED) is 0.716. The van der Waals surface area contributed by atoms with Gasteiger partial charge in [-0.2, -0.15) is 5.10 Å². The van der Waals surface area contributed by atoms with Crippen molar-refractivity contribution in [2.45, 2.75) is 59.0 Å². The molecule has 20 heavy (non-hydrogen) atoms. The summed E-state index contributed by atoms with van der Waals surface area (Å²) in [6, 6.07) is 3.05. The van der Waals surface area contributed by atoms with E-state index in [2.05, 4.69) is 50.4 Å². The van der Waals surface area contributed by atoms with Crippen LogP contribution in [0.25, 0.3) is 0 Å². The Bertz CT molecular complexity index is 362. The van der Waals surface area contributed by atoms with Crippen LogP contribution in [0.5, 0.6) is 0 Å². The van der Waals surface area contributed by atoms with Crippen molar-refractivity contribution in [1.82, 2.24) is 15.1 Å². The van der Waals surface area contributed by atoms with E-state index >= 15 is 0 Å². The molecule has 1 aromatic heterocycles. The number of ether oxygens (including phenoxy) is 1. The zero-order valence-corrected chi connectivity index (χ0v) is 13.7. The Morgan fingerprint density at radius 3 is 2.65 bits per heavy atom. The Morgan fingerprint density at radius 2 is 2.10 bits per heavy atom. The Labute approximate surface area is 123 Å². The Kier molecular flexibility index (Phi) is 7.85. The van der Waals surface area contributed by atoms with Crippen LogP contribution in [0.3, 0.4) is 0 Å². The lowest BCUT2D eigenvalue weighted by molar-refractivity contribution is 0.149. The minimum absolute atomic E-state index is 0.429. The van der Waals surface area contributed by atoms with Crippen LogP contribution in [-0.2, 0) is 11.2 Å². The number of nitrogens with one attached hydrogen (secondary N) is 1. The van der Waals surface area contributed by atoms with Crippen LogP contribution in [0.15, 0.2) is 12.3 Å². The summed E-state index contributed by atoms with van der Waals surface area (Å²) >= 11 is 0. The molecule has 0 aromatic carbocycles. The van der Waals surface area contributed by atoms with Gasteiger partial charge in [0, 0.05) is 38.4 Å². The summed E-state index contributed by atoms with van der Waals surface area (Å²) < 4.78 is 7.28. The first-order valence-electron chi connectivity index (χ1n) is 7.83. The van der Waals surface area contributed by atoms with Gasteiger partial charge >= 0.3 is 0 Å². The van der Waals surface area contributed by atoms with Crippen molar-refractivity contribution >= 4 is 0 Å². The molecule has 0 fully saturated rings. The fourth-order valence-electron chi connectivity index (χ4n) is 2.45. The van der Waals surface area contributed by atoms with Gasteiger partial charge in [-0.1, -0.05) is 13.8 Å². The van der Waals surface area contributed by atoms with Crippen molar-refractivity contribution < 1.29 is 4.74 Å². The molecule has 0 bridgehead atoms. The molecule has 4 nitrogen and oxygen atoms in total. The van der Waals surface area contributed by atoms with Crippen LogP contribution in [0.4, 0.5) is 0 Å². The number of methoxy groups -OCH3 is 1. The predicted octanol–water partition coefficient (Wildman–Crippen LogP) is 3.05. The Morgan fingerprint density at radius 1 is 1.35 bits per heavy atom. The molecule has 4 heteroatoms. The molecule has 0 aliphatic carbocycles. The lowest BCUT2D eigenvalue weighted by Gasteiger charge is -2.21. The summed E-state index contributed by atoms with van der Waals surface area (Å²) in [7, 11) is 1.77. The average molecular weight is 281 g/mol. The molecule has 0 saturated heterocycles. The largest absolute Gasteiger partial charge is 0.384 e. The third-order valence-electron chi connectivity index (χ3n) is 3.47. The molecule has 0 aliphatic rings. The number of rotatable bonds is 10. The van der Waals surface area contributed by atoms with E-state index in [0.717, 1.165) is 32.4 Å². The van der Waals surface area contributed by atoms with Crippen LogP contribution in [0, 0.1) is 5.92 Å². The second kappa shape index (κ2) is 9.14. The van der Waals surface area contributed by atoms with E-state index < -0.39 is 0 Å². The van der Waals surface area contributed by atoms with Gasteiger partial charge in [-0.3, -0.25) is 4.68 Å². The SMILES string of the molecule is CCCNC(Cc1ccn(C(C)C)n1)CC(C)COC. The highest BCUT2D eigenvalue weighted by Crippen LogP contribution is 2.12. The first-order valence-corrected chi connectivity index (χ1v) is 7.83. The van der Waals surface area contributed by atoms with Crippen molar-refractivity contribution in [3.05, 3.63) is 18.0 Å². The van der Waals surface area contributed by atoms with Crippen molar-refractivity contribution in [3.63, 3.8) is 0 Å². The Hall–Kier alpha value is -0.870. The third-order valence-corrected chi connectivity index (χ3v) is 3.47. The summed E-state index contributed by atoms with van der Waals surface area (Å²) in [5, 5.41) is 8.30. The standard InChI is InChI=1S/C16H31N3O/c1-6-8-17-16(10-14(4)12-20-5)11-15-7-9-19(18-15)13(2)3/h7,9,13-14,16-17H,6,8,10-12H2,1-5H3. The number of nitrogens with zero attached hydrogens (tertiary/aromatic N) is 2. The van der Waals surface area contributed by atoms with Gasteiger partial charge in [0.25, 0.3) is 0 Å². The smallest absolute Gasteiger partial charge is 0.0640 e. The third kappa shape index (κ3) is 6.06. The number of aromatic nitrogens is 2. The summed E-state index contributed by atoms with van der Waals surface area (Å²) in [6.45, 7) is 10.7. The van der Waals surface area contributed by atoms with Gasteiger partial charge in [0.15, 0.2) is 0 Å². The highest BCUT2D eigenvalue weighted by Gasteiger charge is 2.15. The van der Waals surface area contributed by atoms with Gasteiger partial charge < -0.3 is 10.1 Å². The minimum Gasteiger partial charge on any atom is -0.384 e. The maximum atomic E-state index is 5.25. The van der Waals surface area contributed by atoms with Gasteiger partial charge in [-0.05, 0) is 45.2 Å². The maximum absolute atomic E-state index is 5.25. The first-order chi connectivity index (χ1) is 9.56. The summed E-state index contributed by atoms with van der Waals surface area (Å²) in [6.07, 6.45) is 5.36. The van der Waals surface area contributed by atoms with Gasteiger partial charge in [0.1, 0.15) is 0 Å². The molecule has 1 aromatic rings.